The van der Waals surface area contributed by atoms with Gasteiger partial charge < -0.3 is 10.2 Å². The number of nitrogens with one attached hydrogen (secondary N) is 1. The first-order chi connectivity index (χ1) is 11.2. The Hall–Kier alpha value is -1.98. The van der Waals surface area contributed by atoms with Gasteiger partial charge in [0.25, 0.3) is 5.91 Å². The quantitative estimate of drug-likeness (QED) is 0.888. The molecule has 0 bridgehead atoms. The summed E-state index contributed by atoms with van der Waals surface area (Å²) in [7, 11) is 0. The van der Waals surface area contributed by atoms with Gasteiger partial charge in [-0.2, -0.15) is 0 Å². The lowest BCUT2D eigenvalue weighted by atomic mass is 10.1. The van der Waals surface area contributed by atoms with E-state index in [0.29, 0.717) is 23.9 Å². The molecule has 23 heavy (non-hydrogen) atoms. The summed E-state index contributed by atoms with van der Waals surface area (Å²) in [4.78, 5) is 35.3. The predicted octanol–water partition coefficient (Wildman–Crippen LogP) is 1.27. The van der Waals surface area contributed by atoms with Crippen LogP contribution in [-0.4, -0.2) is 46.3 Å². The standard InChI is InChI=1S/C17H22N4O2/c22-15(18-8-11-3-4-11)10-21-7-1-2-14-13(17(21)23)9-19-16(20-14)12-5-6-12/h9,11-12H,1-8,10H2,(H,18,22). The maximum atomic E-state index is 12.7. The highest BCUT2D eigenvalue weighted by molar-refractivity contribution is 5.97. The van der Waals surface area contributed by atoms with Gasteiger partial charge in [-0.25, -0.2) is 9.97 Å². The molecular formula is C17H22N4O2. The van der Waals surface area contributed by atoms with Crippen molar-refractivity contribution in [2.45, 2.75) is 44.4 Å². The van der Waals surface area contributed by atoms with Crippen LogP contribution in [0.25, 0.3) is 0 Å². The minimum absolute atomic E-state index is 0.0655. The van der Waals surface area contributed by atoms with Crippen molar-refractivity contribution in [2.75, 3.05) is 19.6 Å². The fourth-order valence-corrected chi connectivity index (χ4v) is 3.01. The van der Waals surface area contributed by atoms with E-state index in [4.69, 9.17) is 0 Å². The molecule has 6 heteroatoms. The van der Waals surface area contributed by atoms with Crippen molar-refractivity contribution in [1.29, 1.82) is 0 Å². The number of fused-ring (bicyclic) bond motifs is 1. The first kappa shape index (κ1) is 14.6. The Morgan fingerprint density at radius 2 is 2.13 bits per heavy atom. The van der Waals surface area contributed by atoms with Crippen LogP contribution in [0.1, 0.15) is 59.9 Å². The number of nitrogens with zero attached hydrogens (tertiary/aromatic N) is 3. The number of hydrogen-bond donors (Lipinski definition) is 1. The van der Waals surface area contributed by atoms with Crippen LogP contribution in [0.3, 0.4) is 0 Å². The largest absolute Gasteiger partial charge is 0.354 e. The highest BCUT2D eigenvalue weighted by atomic mass is 16.2. The van der Waals surface area contributed by atoms with Crippen molar-refractivity contribution in [3.63, 3.8) is 0 Å². The minimum atomic E-state index is -0.110. The summed E-state index contributed by atoms with van der Waals surface area (Å²) >= 11 is 0. The number of hydrogen-bond acceptors (Lipinski definition) is 4. The van der Waals surface area contributed by atoms with Crippen LogP contribution in [0.15, 0.2) is 6.20 Å². The van der Waals surface area contributed by atoms with E-state index in [2.05, 4.69) is 15.3 Å². The van der Waals surface area contributed by atoms with E-state index in [1.54, 1.807) is 11.1 Å². The highest BCUT2D eigenvalue weighted by Crippen LogP contribution is 2.38. The van der Waals surface area contributed by atoms with Gasteiger partial charge in [-0.15, -0.1) is 0 Å². The Kier molecular flexibility index (Phi) is 3.75. The zero-order valence-electron chi connectivity index (χ0n) is 13.3. The summed E-state index contributed by atoms with van der Waals surface area (Å²) < 4.78 is 0. The first-order valence-electron chi connectivity index (χ1n) is 8.62. The van der Waals surface area contributed by atoms with E-state index in [-0.39, 0.29) is 18.4 Å². The van der Waals surface area contributed by atoms with Crippen LogP contribution < -0.4 is 5.32 Å². The second-order valence-corrected chi connectivity index (χ2v) is 6.94. The van der Waals surface area contributed by atoms with Crippen LogP contribution >= 0.6 is 0 Å². The molecule has 1 N–H and O–H groups in total. The summed E-state index contributed by atoms with van der Waals surface area (Å²) in [6, 6.07) is 0. The Labute approximate surface area is 135 Å². The molecule has 0 unspecified atom stereocenters. The summed E-state index contributed by atoms with van der Waals surface area (Å²) in [5.74, 6) is 1.84. The number of rotatable bonds is 5. The van der Waals surface area contributed by atoms with Gasteiger partial charge in [0.15, 0.2) is 0 Å². The molecule has 122 valence electrons. The van der Waals surface area contributed by atoms with Gasteiger partial charge in [0.2, 0.25) is 5.91 Å². The van der Waals surface area contributed by atoms with Gasteiger partial charge >= 0.3 is 0 Å². The fraction of sp³-hybridized carbons (Fsp3) is 0.647. The van der Waals surface area contributed by atoms with E-state index in [9.17, 15) is 9.59 Å². The van der Waals surface area contributed by atoms with Crippen molar-refractivity contribution in [1.82, 2.24) is 20.2 Å². The average molecular weight is 314 g/mol. The molecule has 0 saturated heterocycles. The van der Waals surface area contributed by atoms with Gasteiger partial charge in [-0.05, 0) is 44.4 Å². The minimum Gasteiger partial charge on any atom is -0.354 e. The number of aromatic nitrogens is 2. The molecule has 2 heterocycles. The van der Waals surface area contributed by atoms with E-state index in [0.717, 1.165) is 43.7 Å². The molecule has 0 atom stereocenters. The monoisotopic (exact) mass is 314 g/mol. The topological polar surface area (TPSA) is 75.2 Å². The third-order valence-electron chi connectivity index (χ3n) is 4.81. The third-order valence-corrected chi connectivity index (χ3v) is 4.81. The SMILES string of the molecule is O=C(CN1CCCc2nc(C3CC3)ncc2C1=O)NCC1CC1. The second kappa shape index (κ2) is 5.91. The predicted molar refractivity (Wildman–Crippen MR) is 84.0 cm³/mol. The summed E-state index contributed by atoms with van der Waals surface area (Å²) in [5, 5.41) is 2.93. The molecule has 2 amide bonds. The molecule has 1 aromatic heterocycles. The summed E-state index contributed by atoms with van der Waals surface area (Å²) in [5.41, 5.74) is 1.43. The van der Waals surface area contributed by atoms with Crippen LogP contribution in [0.2, 0.25) is 0 Å². The van der Waals surface area contributed by atoms with Gasteiger partial charge in [0, 0.05) is 25.2 Å². The van der Waals surface area contributed by atoms with E-state index >= 15 is 0 Å². The molecule has 4 rings (SSSR count). The van der Waals surface area contributed by atoms with Crippen molar-refractivity contribution >= 4 is 11.8 Å². The third kappa shape index (κ3) is 3.35. The number of amides is 2. The number of carbonyl (C=O) groups is 2. The average Bonchev–Trinajstić information content (AvgIpc) is 3.42. The second-order valence-electron chi connectivity index (χ2n) is 6.94. The molecule has 2 fully saturated rings. The number of aryl methyl sites for hydroxylation is 1. The lowest BCUT2D eigenvalue weighted by molar-refractivity contribution is -0.121. The normalized spacial score (nSPS) is 20.9. The molecule has 2 saturated carbocycles. The van der Waals surface area contributed by atoms with Crippen LogP contribution in [0.5, 0.6) is 0 Å². The number of carbonyl (C=O) groups excluding carboxylic acids is 2. The molecular weight excluding hydrogens is 292 g/mol. The molecule has 1 aliphatic heterocycles. The summed E-state index contributed by atoms with van der Waals surface area (Å²) in [6.45, 7) is 1.48. The lowest BCUT2D eigenvalue weighted by Crippen LogP contribution is -2.41. The fourth-order valence-electron chi connectivity index (χ4n) is 3.01. The zero-order chi connectivity index (χ0) is 15.8. The smallest absolute Gasteiger partial charge is 0.257 e. The van der Waals surface area contributed by atoms with Gasteiger partial charge in [0.1, 0.15) is 5.82 Å². The Morgan fingerprint density at radius 1 is 1.30 bits per heavy atom. The lowest BCUT2D eigenvalue weighted by Gasteiger charge is -2.20. The summed E-state index contributed by atoms with van der Waals surface area (Å²) in [6.07, 6.45) is 8.01. The maximum absolute atomic E-state index is 12.7. The van der Waals surface area contributed by atoms with Crippen molar-refractivity contribution in [3.05, 3.63) is 23.3 Å². The van der Waals surface area contributed by atoms with Crippen molar-refractivity contribution < 1.29 is 9.59 Å². The Bertz CT molecular complexity index is 637. The van der Waals surface area contributed by atoms with Crippen LogP contribution in [0, 0.1) is 5.92 Å². The van der Waals surface area contributed by atoms with Gasteiger partial charge in [0.05, 0.1) is 17.8 Å². The Balaban J connectivity index is 1.44. The van der Waals surface area contributed by atoms with Crippen LogP contribution in [-0.2, 0) is 11.2 Å². The van der Waals surface area contributed by atoms with E-state index in [1.807, 2.05) is 0 Å². The molecule has 0 aromatic carbocycles. The molecule has 0 spiro atoms. The molecule has 3 aliphatic rings. The van der Waals surface area contributed by atoms with Gasteiger partial charge in [-0.3, -0.25) is 9.59 Å². The molecule has 2 aliphatic carbocycles. The zero-order valence-corrected chi connectivity index (χ0v) is 13.3. The highest BCUT2D eigenvalue weighted by Gasteiger charge is 2.30. The maximum Gasteiger partial charge on any atom is 0.257 e. The first-order valence-corrected chi connectivity index (χ1v) is 8.62. The Morgan fingerprint density at radius 3 is 2.87 bits per heavy atom. The van der Waals surface area contributed by atoms with Gasteiger partial charge in [-0.1, -0.05) is 0 Å². The molecule has 0 radical (unpaired) electrons. The van der Waals surface area contributed by atoms with Crippen molar-refractivity contribution in [3.8, 4) is 0 Å². The van der Waals surface area contributed by atoms with E-state index in [1.165, 1.54) is 12.8 Å². The molecule has 6 nitrogen and oxygen atoms in total. The van der Waals surface area contributed by atoms with Crippen LogP contribution in [0.4, 0.5) is 0 Å². The molecule has 1 aromatic rings. The van der Waals surface area contributed by atoms with E-state index < -0.39 is 0 Å². The van der Waals surface area contributed by atoms with Crippen molar-refractivity contribution in [2.24, 2.45) is 5.92 Å².